The zero-order valence-electron chi connectivity index (χ0n) is 19.8. The maximum absolute atomic E-state index is 14.4. The average Bonchev–Trinajstić information content (AvgIpc) is 2.88. The third kappa shape index (κ3) is 5.42. The van der Waals surface area contributed by atoms with Gasteiger partial charge in [0.2, 0.25) is 0 Å². The van der Waals surface area contributed by atoms with Gasteiger partial charge in [-0.1, -0.05) is 30.8 Å². The van der Waals surface area contributed by atoms with Crippen LogP contribution in [0.3, 0.4) is 0 Å². The molecular weight excluding hydrogens is 445 g/mol. The number of hydrogen-bond acceptors (Lipinski definition) is 6. The van der Waals surface area contributed by atoms with Gasteiger partial charge in [-0.15, -0.1) is 0 Å². The first-order chi connectivity index (χ1) is 16.9. The SMILES string of the molecule is C=C(C#N)CNc1c(OC)ccc2ccc(-c3cccc(C(=O)N[C@@H]4CCN(C)C[C@H]4F)n3)cc12. The molecule has 0 bridgehead atoms. The van der Waals surface area contributed by atoms with Crippen LogP contribution in [0, 0.1) is 11.3 Å². The molecule has 2 atom stereocenters. The molecule has 1 aliphatic rings. The van der Waals surface area contributed by atoms with E-state index in [4.69, 9.17) is 10.00 Å². The number of carbonyl (C=O) groups excluding carboxylic acids is 1. The molecule has 7 nitrogen and oxygen atoms in total. The summed E-state index contributed by atoms with van der Waals surface area (Å²) in [5.41, 5.74) is 2.82. The van der Waals surface area contributed by atoms with Crippen LogP contribution >= 0.6 is 0 Å². The Kier molecular flexibility index (Phi) is 7.28. The Bertz CT molecular complexity index is 1300. The summed E-state index contributed by atoms with van der Waals surface area (Å²) < 4.78 is 19.9. The molecule has 1 amide bonds. The molecule has 1 aliphatic heterocycles. The van der Waals surface area contributed by atoms with Gasteiger partial charge in [0.15, 0.2) is 0 Å². The lowest BCUT2D eigenvalue weighted by Crippen LogP contribution is -2.51. The molecule has 180 valence electrons. The van der Waals surface area contributed by atoms with Crippen LogP contribution in [0.5, 0.6) is 5.75 Å². The zero-order chi connectivity index (χ0) is 24.9. The van der Waals surface area contributed by atoms with Crippen molar-refractivity contribution in [3.8, 4) is 23.1 Å². The van der Waals surface area contributed by atoms with E-state index in [1.54, 1.807) is 19.2 Å². The minimum atomic E-state index is -1.11. The number of nitrogens with zero attached hydrogens (tertiary/aromatic N) is 3. The van der Waals surface area contributed by atoms with Crippen LogP contribution in [0.1, 0.15) is 16.9 Å². The van der Waals surface area contributed by atoms with Crippen molar-refractivity contribution < 1.29 is 13.9 Å². The highest BCUT2D eigenvalue weighted by molar-refractivity contribution is 5.99. The predicted octanol–water partition coefficient (Wildman–Crippen LogP) is 4.17. The predicted molar refractivity (Wildman–Crippen MR) is 135 cm³/mol. The number of methoxy groups -OCH3 is 1. The molecule has 2 N–H and O–H groups in total. The van der Waals surface area contributed by atoms with Crippen molar-refractivity contribution in [2.24, 2.45) is 0 Å². The van der Waals surface area contributed by atoms with Crippen LogP contribution < -0.4 is 15.4 Å². The molecule has 0 saturated carbocycles. The Morgan fingerprint density at radius 1 is 1.31 bits per heavy atom. The largest absolute Gasteiger partial charge is 0.495 e. The van der Waals surface area contributed by atoms with E-state index in [1.807, 2.05) is 54.4 Å². The van der Waals surface area contributed by atoms with Gasteiger partial charge in [0.05, 0.1) is 30.6 Å². The van der Waals surface area contributed by atoms with Gasteiger partial charge in [-0.3, -0.25) is 4.79 Å². The van der Waals surface area contributed by atoms with E-state index in [0.29, 0.717) is 30.0 Å². The van der Waals surface area contributed by atoms with Gasteiger partial charge in [0.1, 0.15) is 17.6 Å². The first-order valence-corrected chi connectivity index (χ1v) is 11.4. The van der Waals surface area contributed by atoms with Crippen LogP contribution in [0.15, 0.2) is 60.7 Å². The molecule has 8 heteroatoms. The second-order valence-electron chi connectivity index (χ2n) is 8.70. The van der Waals surface area contributed by atoms with Crippen molar-refractivity contribution in [2.75, 3.05) is 39.1 Å². The summed E-state index contributed by atoms with van der Waals surface area (Å²) in [6.45, 7) is 5.05. The summed E-state index contributed by atoms with van der Waals surface area (Å²) >= 11 is 0. The van der Waals surface area contributed by atoms with E-state index in [9.17, 15) is 9.18 Å². The van der Waals surface area contributed by atoms with Gasteiger partial charge < -0.3 is 20.3 Å². The van der Waals surface area contributed by atoms with Crippen molar-refractivity contribution in [1.29, 1.82) is 5.26 Å². The quantitative estimate of drug-likeness (QED) is 0.501. The minimum Gasteiger partial charge on any atom is -0.495 e. The number of fused-ring (bicyclic) bond motifs is 1. The number of aromatic nitrogens is 1. The fourth-order valence-corrected chi connectivity index (χ4v) is 4.23. The molecule has 0 aliphatic carbocycles. The van der Waals surface area contributed by atoms with Gasteiger partial charge in [-0.2, -0.15) is 5.26 Å². The molecule has 2 heterocycles. The number of hydrogen-bond donors (Lipinski definition) is 2. The number of alkyl halides is 1. The van der Waals surface area contributed by atoms with Crippen LogP contribution in [0.4, 0.5) is 10.1 Å². The monoisotopic (exact) mass is 473 g/mol. The van der Waals surface area contributed by atoms with E-state index in [1.165, 1.54) is 0 Å². The number of benzene rings is 2. The normalized spacial score (nSPS) is 18.0. The van der Waals surface area contributed by atoms with Gasteiger partial charge in [0, 0.05) is 36.2 Å². The van der Waals surface area contributed by atoms with Gasteiger partial charge in [-0.05, 0) is 43.1 Å². The minimum absolute atomic E-state index is 0.239. The van der Waals surface area contributed by atoms with Gasteiger partial charge in [0.25, 0.3) is 5.91 Å². The molecule has 3 aromatic rings. The van der Waals surface area contributed by atoms with E-state index in [-0.39, 0.29) is 18.1 Å². The number of piperidine rings is 1. The number of rotatable bonds is 7. The molecule has 4 rings (SSSR count). The Morgan fingerprint density at radius 2 is 2.11 bits per heavy atom. The van der Waals surface area contributed by atoms with Crippen LogP contribution in [0.25, 0.3) is 22.0 Å². The van der Waals surface area contributed by atoms with E-state index < -0.39 is 12.2 Å². The molecule has 0 radical (unpaired) electrons. The van der Waals surface area contributed by atoms with Gasteiger partial charge in [-0.25, -0.2) is 9.37 Å². The van der Waals surface area contributed by atoms with Crippen LogP contribution in [0.2, 0.25) is 0 Å². The lowest BCUT2D eigenvalue weighted by molar-refractivity contribution is 0.0817. The summed E-state index contributed by atoms with van der Waals surface area (Å²) in [7, 11) is 3.46. The molecule has 0 spiro atoms. The highest BCUT2D eigenvalue weighted by Crippen LogP contribution is 2.35. The molecule has 2 aromatic carbocycles. The zero-order valence-corrected chi connectivity index (χ0v) is 19.8. The summed E-state index contributed by atoms with van der Waals surface area (Å²) in [5, 5.41) is 17.0. The lowest BCUT2D eigenvalue weighted by Gasteiger charge is -2.32. The first kappa shape index (κ1) is 24.2. The number of likely N-dealkylation sites (tertiary alicyclic amines) is 1. The maximum Gasteiger partial charge on any atom is 0.270 e. The summed E-state index contributed by atoms with van der Waals surface area (Å²) in [4.78, 5) is 19.3. The Labute approximate surface area is 204 Å². The smallest absolute Gasteiger partial charge is 0.270 e. The highest BCUT2D eigenvalue weighted by atomic mass is 19.1. The van der Waals surface area contributed by atoms with Crippen LogP contribution in [-0.4, -0.2) is 61.8 Å². The third-order valence-corrected chi connectivity index (χ3v) is 6.18. The van der Waals surface area contributed by atoms with Crippen molar-refractivity contribution in [3.63, 3.8) is 0 Å². The summed E-state index contributed by atoms with van der Waals surface area (Å²) in [5.74, 6) is 0.254. The number of halogens is 1. The summed E-state index contributed by atoms with van der Waals surface area (Å²) in [6, 6.07) is 16.4. The number of nitriles is 1. The van der Waals surface area contributed by atoms with Crippen molar-refractivity contribution in [3.05, 3.63) is 66.4 Å². The number of pyridine rings is 1. The van der Waals surface area contributed by atoms with Crippen molar-refractivity contribution in [2.45, 2.75) is 18.6 Å². The molecule has 1 aromatic heterocycles. The molecular formula is C27H28FN5O2. The second-order valence-corrected chi connectivity index (χ2v) is 8.70. The number of carbonyl (C=O) groups is 1. The lowest BCUT2D eigenvalue weighted by atomic mass is 10.0. The van der Waals surface area contributed by atoms with Crippen LogP contribution in [-0.2, 0) is 0 Å². The number of anilines is 1. The molecule has 35 heavy (non-hydrogen) atoms. The molecule has 1 saturated heterocycles. The fraction of sp³-hybridized carbons (Fsp3) is 0.296. The highest BCUT2D eigenvalue weighted by Gasteiger charge is 2.29. The average molecular weight is 474 g/mol. The topological polar surface area (TPSA) is 90.3 Å². The third-order valence-electron chi connectivity index (χ3n) is 6.18. The number of nitrogens with one attached hydrogen (secondary N) is 2. The Morgan fingerprint density at radius 3 is 2.86 bits per heavy atom. The van der Waals surface area contributed by atoms with Crippen molar-refractivity contribution >= 4 is 22.4 Å². The van der Waals surface area contributed by atoms with E-state index in [0.717, 1.165) is 28.6 Å². The Hall–Kier alpha value is -3.96. The second kappa shape index (κ2) is 10.5. The van der Waals surface area contributed by atoms with Crippen molar-refractivity contribution in [1.82, 2.24) is 15.2 Å². The summed E-state index contributed by atoms with van der Waals surface area (Å²) in [6.07, 6.45) is -0.553. The Balaban J connectivity index is 1.63. The molecule has 0 unspecified atom stereocenters. The first-order valence-electron chi connectivity index (χ1n) is 11.4. The fourth-order valence-electron chi connectivity index (χ4n) is 4.23. The molecule has 1 fully saturated rings. The van der Waals surface area contributed by atoms with Gasteiger partial charge >= 0.3 is 0 Å². The maximum atomic E-state index is 14.4. The number of amides is 1. The van der Waals surface area contributed by atoms with E-state index >= 15 is 0 Å². The standard InChI is InChI=1S/C27H28FN5O2/c1-17(14-29)15-30-26-20-13-19(8-7-18(20)9-10-25(26)35-3)22-5-4-6-24(31-22)27(34)32-23-11-12-33(2)16-21(23)28/h4-10,13,21,23,30H,1,11-12,15-16H2,2-3H3,(H,32,34)/t21-,23-/m1/s1. The van der Waals surface area contributed by atoms with E-state index in [2.05, 4.69) is 22.2 Å². The number of ether oxygens (including phenoxy) is 1.